The number of aliphatic hydroxyl groups is 1. The Morgan fingerprint density at radius 2 is 2.16 bits per heavy atom. The minimum absolute atomic E-state index is 0.0732. The molecule has 1 saturated heterocycles. The third-order valence-electron chi connectivity index (χ3n) is 3.47. The average Bonchev–Trinajstić information content (AvgIpc) is 2.40. The van der Waals surface area contributed by atoms with Crippen molar-refractivity contribution in [1.29, 1.82) is 5.26 Å². The number of hydrogen-bond donors (Lipinski definition) is 1. The van der Waals surface area contributed by atoms with Gasteiger partial charge in [0.25, 0.3) is 0 Å². The molecule has 3 atom stereocenters. The number of benzene rings is 1. The zero-order valence-electron chi connectivity index (χ0n) is 10.7. The van der Waals surface area contributed by atoms with Crippen LogP contribution in [0.3, 0.4) is 0 Å². The topological polar surface area (TPSA) is 73.6 Å². The second-order valence-corrected chi connectivity index (χ2v) is 4.49. The lowest BCUT2D eigenvalue weighted by Gasteiger charge is -2.51. The summed E-state index contributed by atoms with van der Waals surface area (Å²) in [6.45, 7) is -0.233. The molecule has 5 nitrogen and oxygen atoms in total. The van der Waals surface area contributed by atoms with E-state index < -0.39 is 6.04 Å². The minimum Gasteiger partial charge on any atom is -0.394 e. The van der Waals surface area contributed by atoms with E-state index in [9.17, 15) is 15.2 Å². The van der Waals surface area contributed by atoms with Gasteiger partial charge in [-0.2, -0.15) is 5.26 Å². The molecule has 0 aromatic heterocycles. The average molecular weight is 260 g/mol. The molecule has 0 bridgehead atoms. The van der Waals surface area contributed by atoms with Crippen LogP contribution < -0.4 is 0 Å². The lowest BCUT2D eigenvalue weighted by molar-refractivity contribution is -0.150. The van der Waals surface area contributed by atoms with Crippen molar-refractivity contribution in [1.82, 2.24) is 4.90 Å². The van der Waals surface area contributed by atoms with Gasteiger partial charge in [0.05, 0.1) is 18.7 Å². The molecule has 100 valence electrons. The number of amides is 1. The van der Waals surface area contributed by atoms with Crippen molar-refractivity contribution in [3.8, 4) is 6.07 Å². The molecule has 0 aliphatic carbocycles. The van der Waals surface area contributed by atoms with E-state index in [1.165, 1.54) is 12.0 Å². The molecule has 1 fully saturated rings. The number of nitrogens with zero attached hydrogens (tertiary/aromatic N) is 2. The molecule has 1 heterocycles. The summed E-state index contributed by atoms with van der Waals surface area (Å²) in [4.78, 5) is 13.3. The zero-order chi connectivity index (χ0) is 13.8. The van der Waals surface area contributed by atoms with Gasteiger partial charge in [0.15, 0.2) is 0 Å². The molecular formula is C14H16N2O3. The molecule has 0 saturated carbocycles. The molecule has 0 radical (unpaired) electrons. The Kier molecular flexibility index (Phi) is 4.15. The number of rotatable bonds is 4. The van der Waals surface area contributed by atoms with Crippen LogP contribution in [0.15, 0.2) is 30.3 Å². The van der Waals surface area contributed by atoms with E-state index in [0.29, 0.717) is 0 Å². The van der Waals surface area contributed by atoms with E-state index in [-0.39, 0.29) is 31.1 Å². The van der Waals surface area contributed by atoms with Crippen molar-refractivity contribution in [2.24, 2.45) is 0 Å². The largest absolute Gasteiger partial charge is 0.394 e. The first-order valence-electron chi connectivity index (χ1n) is 6.10. The quantitative estimate of drug-likeness (QED) is 0.856. The maximum absolute atomic E-state index is 11.9. The molecular weight excluding hydrogens is 244 g/mol. The summed E-state index contributed by atoms with van der Waals surface area (Å²) in [5, 5.41) is 18.7. The molecule has 2 rings (SSSR count). The number of carbonyl (C=O) groups is 1. The summed E-state index contributed by atoms with van der Waals surface area (Å²) in [6.07, 6.45) is 0. The highest BCUT2D eigenvalue weighted by Gasteiger charge is 2.51. The van der Waals surface area contributed by atoms with Crippen LogP contribution in [-0.4, -0.2) is 48.3 Å². The van der Waals surface area contributed by atoms with Gasteiger partial charge in [-0.1, -0.05) is 30.3 Å². The normalized spacial score (nSPS) is 25.5. The van der Waals surface area contributed by atoms with Crippen LogP contribution in [0.4, 0.5) is 0 Å². The van der Waals surface area contributed by atoms with Crippen LogP contribution in [0.2, 0.25) is 0 Å². The number of carbonyl (C=O) groups excluding carboxylic acids is 1. The van der Waals surface area contributed by atoms with E-state index in [4.69, 9.17) is 4.74 Å². The lowest BCUT2D eigenvalue weighted by Crippen LogP contribution is -2.65. The van der Waals surface area contributed by atoms with Crippen molar-refractivity contribution >= 4 is 5.91 Å². The molecule has 1 amide bonds. The van der Waals surface area contributed by atoms with Crippen molar-refractivity contribution < 1.29 is 14.6 Å². The number of likely N-dealkylation sites (tertiary alicyclic amines) is 1. The smallest absolute Gasteiger partial charge is 0.249 e. The summed E-state index contributed by atoms with van der Waals surface area (Å²) in [6, 6.07) is 10.7. The fourth-order valence-corrected chi connectivity index (χ4v) is 2.62. The number of nitriles is 1. The first-order chi connectivity index (χ1) is 9.24. The van der Waals surface area contributed by atoms with Crippen LogP contribution in [0, 0.1) is 11.3 Å². The van der Waals surface area contributed by atoms with Crippen LogP contribution in [0.25, 0.3) is 0 Å². The summed E-state index contributed by atoms with van der Waals surface area (Å²) >= 11 is 0. The fourth-order valence-electron chi connectivity index (χ4n) is 2.62. The van der Waals surface area contributed by atoms with Crippen LogP contribution in [0.1, 0.15) is 11.5 Å². The van der Waals surface area contributed by atoms with Gasteiger partial charge in [0, 0.05) is 13.0 Å². The van der Waals surface area contributed by atoms with E-state index in [1.54, 1.807) is 0 Å². The van der Waals surface area contributed by atoms with Gasteiger partial charge in [0.2, 0.25) is 5.91 Å². The molecule has 1 N–H and O–H groups in total. The zero-order valence-corrected chi connectivity index (χ0v) is 10.7. The van der Waals surface area contributed by atoms with Crippen molar-refractivity contribution in [3.05, 3.63) is 35.9 Å². The summed E-state index contributed by atoms with van der Waals surface area (Å²) in [5.41, 5.74) is 0.967. The molecule has 1 aliphatic heterocycles. The molecule has 1 aromatic carbocycles. The Labute approximate surface area is 112 Å². The maximum Gasteiger partial charge on any atom is 0.249 e. The van der Waals surface area contributed by atoms with Gasteiger partial charge in [-0.15, -0.1) is 0 Å². The van der Waals surface area contributed by atoms with E-state index in [0.717, 1.165) is 5.56 Å². The second-order valence-electron chi connectivity index (χ2n) is 4.49. The van der Waals surface area contributed by atoms with E-state index >= 15 is 0 Å². The highest BCUT2D eigenvalue weighted by molar-refractivity contribution is 5.80. The Morgan fingerprint density at radius 1 is 1.47 bits per heavy atom. The van der Waals surface area contributed by atoms with Crippen molar-refractivity contribution in [2.75, 3.05) is 20.3 Å². The third kappa shape index (κ3) is 2.33. The minimum atomic E-state index is -0.540. The Hall–Kier alpha value is -1.90. The Balaban J connectivity index is 2.23. The summed E-state index contributed by atoms with van der Waals surface area (Å²) < 4.78 is 4.80. The van der Waals surface area contributed by atoms with Crippen LogP contribution >= 0.6 is 0 Å². The van der Waals surface area contributed by atoms with Gasteiger partial charge in [-0.25, -0.2) is 0 Å². The van der Waals surface area contributed by atoms with Crippen molar-refractivity contribution in [3.63, 3.8) is 0 Å². The van der Waals surface area contributed by atoms with Gasteiger partial charge in [-0.05, 0) is 5.56 Å². The summed E-state index contributed by atoms with van der Waals surface area (Å²) in [7, 11) is 1.43. The molecule has 0 spiro atoms. The highest BCUT2D eigenvalue weighted by Crippen LogP contribution is 2.40. The van der Waals surface area contributed by atoms with Crippen molar-refractivity contribution in [2.45, 2.75) is 18.0 Å². The first-order valence-corrected chi connectivity index (χ1v) is 6.10. The van der Waals surface area contributed by atoms with Gasteiger partial charge in [-0.3, -0.25) is 4.79 Å². The number of methoxy groups -OCH3 is 1. The van der Waals surface area contributed by atoms with E-state index in [2.05, 4.69) is 6.07 Å². The molecule has 0 unspecified atom stereocenters. The Bertz CT molecular complexity index is 483. The van der Waals surface area contributed by atoms with Crippen LogP contribution in [-0.2, 0) is 9.53 Å². The number of hydrogen-bond acceptors (Lipinski definition) is 4. The first kappa shape index (κ1) is 13.5. The predicted molar refractivity (Wildman–Crippen MR) is 68.2 cm³/mol. The Morgan fingerprint density at radius 3 is 2.68 bits per heavy atom. The molecule has 1 aromatic rings. The number of ether oxygens (including phenoxy) is 1. The predicted octanol–water partition coefficient (Wildman–Crippen LogP) is 0.512. The highest BCUT2D eigenvalue weighted by atomic mass is 16.5. The molecule has 19 heavy (non-hydrogen) atoms. The monoisotopic (exact) mass is 260 g/mol. The third-order valence-corrected chi connectivity index (χ3v) is 3.47. The maximum atomic E-state index is 11.9. The fraction of sp³-hybridized carbons (Fsp3) is 0.429. The lowest BCUT2D eigenvalue weighted by atomic mass is 9.75. The number of aliphatic hydroxyl groups excluding tert-OH is 1. The molecule has 5 heteroatoms. The van der Waals surface area contributed by atoms with Crippen LogP contribution in [0.5, 0.6) is 0 Å². The van der Waals surface area contributed by atoms with Gasteiger partial charge in [0.1, 0.15) is 12.6 Å². The summed E-state index contributed by atoms with van der Waals surface area (Å²) in [5.74, 6) is -0.405. The SMILES string of the molecule is COCC(=O)N1[C@H](CO)[C@H](c2ccccc2)[C@@H]1C#N. The molecule has 1 aliphatic rings. The van der Waals surface area contributed by atoms with Gasteiger partial charge < -0.3 is 14.7 Å². The van der Waals surface area contributed by atoms with E-state index in [1.807, 2.05) is 30.3 Å². The standard InChI is InChI=1S/C14H16N2O3/c1-19-9-13(18)16-11(7-15)14(12(16)8-17)10-5-3-2-4-6-10/h2-6,11-12,14,17H,8-9H2,1H3/t11-,12+,14+/m0/s1. The van der Waals surface area contributed by atoms with Gasteiger partial charge >= 0.3 is 0 Å². The second kappa shape index (κ2) is 5.83.